The van der Waals surface area contributed by atoms with Crippen molar-refractivity contribution in [2.45, 2.75) is 274 Å². The second-order valence-corrected chi connectivity index (χ2v) is 38.8. The van der Waals surface area contributed by atoms with Crippen LogP contribution in [0.3, 0.4) is 0 Å². The van der Waals surface area contributed by atoms with Gasteiger partial charge in [-0.2, -0.15) is 0 Å². The van der Waals surface area contributed by atoms with Crippen molar-refractivity contribution >= 4 is 137 Å². The van der Waals surface area contributed by atoms with Crippen molar-refractivity contribution in [2.24, 2.45) is 0 Å². The number of alkyl halides is 1. The van der Waals surface area contributed by atoms with E-state index < -0.39 is 14.0 Å². The lowest BCUT2D eigenvalue weighted by atomic mass is 9.49. The van der Waals surface area contributed by atoms with Gasteiger partial charge in [-0.1, -0.05) is 121 Å². The SMILES string of the molecule is BrC1CCCC1.Brc1cccc(OC2CCCC2)c1.CC1(C)OB(B2OC(C)(C)C(C)(C)O2)OC1(C)C.CC1(C)OB(c2cccc(OC3CCCC3)c2)OC1(C)C.Nc1ncnc2ccc(-c3cccc(OC4CCCC4)c3)nc12.Nc1ncnc2ccc(-c3cccc(OC4CCCC4)c3)nc12.Nc1ncnc2ccc(Cl)nc12.Oc1cccc(Br)c1. The number of benzene rings is 5. The zero-order valence-electron chi connectivity index (χ0n) is 73.3. The molecule has 3 saturated heterocycles. The first-order valence-corrected chi connectivity index (χ1v) is 46.2. The molecule has 23 nitrogen and oxygen atoms in total. The Morgan fingerprint density at radius 3 is 1.02 bits per heavy atom. The molecule has 30 heteroatoms. The van der Waals surface area contributed by atoms with E-state index in [2.05, 4.69) is 126 Å². The lowest BCUT2D eigenvalue weighted by molar-refractivity contribution is 0.00578. The fourth-order valence-electron chi connectivity index (χ4n) is 15.0. The van der Waals surface area contributed by atoms with Gasteiger partial charge in [-0.05, 0) is 313 Å². The number of anilines is 3. The molecule has 9 heterocycles. The van der Waals surface area contributed by atoms with E-state index >= 15 is 0 Å². The largest absolute Gasteiger partial charge is 0.508 e. The van der Waals surface area contributed by atoms with Crippen molar-refractivity contribution in [3.05, 3.63) is 191 Å². The monoisotopic (exact) mass is 1890 g/mol. The van der Waals surface area contributed by atoms with E-state index in [0.717, 1.165) is 101 Å². The summed E-state index contributed by atoms with van der Waals surface area (Å²) in [7, 11) is -1.27. The molecule has 0 spiro atoms. The van der Waals surface area contributed by atoms with Gasteiger partial charge < -0.3 is 69.2 Å². The maximum Gasteiger partial charge on any atom is 0.494 e. The molecule has 0 atom stereocenters. The molecule has 124 heavy (non-hydrogen) atoms. The van der Waals surface area contributed by atoms with Crippen LogP contribution in [0.4, 0.5) is 17.5 Å². The number of rotatable bonds is 12. The summed E-state index contributed by atoms with van der Waals surface area (Å²) in [5, 5.41) is 9.18. The summed E-state index contributed by atoms with van der Waals surface area (Å²) in [5.74, 6) is 5.14. The summed E-state index contributed by atoms with van der Waals surface area (Å²) in [5.41, 5.74) is 24.0. The van der Waals surface area contributed by atoms with Crippen LogP contribution in [0, 0.1) is 0 Å². The zero-order valence-corrected chi connectivity index (χ0v) is 78.8. The number of aromatic hydroxyl groups is 1. The average molecular weight is 1900 g/mol. The highest BCUT2D eigenvalue weighted by Crippen LogP contribution is 2.44. The topological polar surface area (TPSA) is 307 Å². The molecule has 0 radical (unpaired) electrons. The van der Waals surface area contributed by atoms with Gasteiger partial charge in [0.1, 0.15) is 69.4 Å². The molecule has 0 amide bonds. The summed E-state index contributed by atoms with van der Waals surface area (Å²) in [6.07, 6.45) is 31.1. The van der Waals surface area contributed by atoms with E-state index in [1.54, 1.807) is 30.3 Å². The minimum Gasteiger partial charge on any atom is -0.508 e. The molecule has 5 aromatic carbocycles. The van der Waals surface area contributed by atoms with Gasteiger partial charge in [-0.3, -0.25) is 0 Å². The van der Waals surface area contributed by atoms with Crippen LogP contribution in [-0.4, -0.2) is 134 Å². The van der Waals surface area contributed by atoms with Crippen LogP contribution in [0.15, 0.2) is 186 Å². The third kappa shape index (κ3) is 26.2. The third-order valence-electron chi connectivity index (χ3n) is 24.2. The summed E-state index contributed by atoms with van der Waals surface area (Å²) in [6, 6.07) is 50.4. The summed E-state index contributed by atoms with van der Waals surface area (Å²) >= 11 is 15.8. The lowest BCUT2D eigenvalue weighted by Gasteiger charge is -2.32. The Bertz CT molecular complexity index is 5070. The number of aromatic nitrogens is 9. The number of nitrogen functional groups attached to an aromatic ring is 3. The van der Waals surface area contributed by atoms with Crippen LogP contribution >= 0.6 is 59.4 Å². The van der Waals surface area contributed by atoms with Crippen LogP contribution < -0.4 is 41.6 Å². The number of hydrogen-bond acceptors (Lipinski definition) is 23. The summed E-state index contributed by atoms with van der Waals surface area (Å²) in [6.45, 7) is 24.5. The quantitative estimate of drug-likeness (QED) is 0.0502. The van der Waals surface area contributed by atoms with Crippen LogP contribution in [-0.2, 0) is 27.9 Å². The lowest BCUT2D eigenvalue weighted by Crippen LogP contribution is -2.41. The van der Waals surface area contributed by atoms with Crippen LogP contribution in [0.25, 0.3) is 55.6 Å². The Balaban J connectivity index is 0.000000133. The number of nitrogens with two attached hydrogens (primary N) is 3. The Morgan fingerprint density at radius 1 is 0.363 bits per heavy atom. The molecule has 7 N–H and O–H groups in total. The second kappa shape index (κ2) is 43.0. The van der Waals surface area contributed by atoms with Gasteiger partial charge in [0, 0.05) is 24.9 Å². The first-order valence-electron chi connectivity index (χ1n) is 43.3. The third-order valence-corrected chi connectivity index (χ3v) is 26.3. The molecule has 656 valence electrons. The van der Waals surface area contributed by atoms with Gasteiger partial charge in [-0.15, -0.1) is 0 Å². The molecule has 11 aromatic rings. The standard InChI is InChI=1S/2C18H18N4O.C17H25BO3.C12H24B2O4.C11H13BrO.C7H5ClN4.C6H5BrO.C5H9Br/c2*19-18-17-16(20-11-21-18)9-8-15(22-17)12-4-3-7-14(10-12)23-13-5-1-2-6-13;1-16(2)17(3,4)21-18(20-16)13-8-7-11-15(12-13)19-14-9-5-6-10-14;1-9(2)10(3,4)16-13(15-9)14-17-11(5,6)12(7,8)18-14;12-9-4-3-7-11(8-9)13-10-5-1-2-6-10;8-5-2-1-4-6(12-5)7(9)11-3-10-4;7-5-2-1-3-6(8)4-5;6-5-3-1-2-4-5/h2*3-4,7-11,13H,1-2,5-6H2,(H2,19,20,21);7-8,11-12,14H,5-6,9-10H2,1-4H3;1-8H3;3-4,7-8,10H,1-2,5-6H2;1-3H,(H2,9,10,11);1-4,8H;5H,1-4H2. The molecular weight excluding hydrogens is 1780 g/mol. The number of hydrogen-bond donors (Lipinski definition) is 4. The van der Waals surface area contributed by atoms with Crippen LogP contribution in [0.2, 0.25) is 5.15 Å². The number of phenols is 1. The summed E-state index contributed by atoms with van der Waals surface area (Å²) < 4.78 is 62.1. The number of halogens is 4. The molecule has 3 aliphatic heterocycles. The van der Waals surface area contributed by atoms with Crippen molar-refractivity contribution in [3.63, 3.8) is 0 Å². The fraction of sp³-hybridized carbons (Fsp3) is 0.457. The van der Waals surface area contributed by atoms with Crippen molar-refractivity contribution in [2.75, 3.05) is 17.2 Å². The average Bonchev–Trinajstić information content (AvgIpc) is 1.58. The molecule has 6 aromatic heterocycles. The van der Waals surface area contributed by atoms with Crippen LogP contribution in [0.5, 0.6) is 28.7 Å². The van der Waals surface area contributed by atoms with E-state index in [4.69, 9.17) is 80.8 Å². The maximum absolute atomic E-state index is 8.78. The zero-order chi connectivity index (χ0) is 88.4. The molecule has 0 bridgehead atoms. The first-order chi connectivity index (χ1) is 59.1. The predicted octanol–water partition coefficient (Wildman–Crippen LogP) is 22.3. The van der Waals surface area contributed by atoms with Crippen molar-refractivity contribution in [1.29, 1.82) is 0 Å². The summed E-state index contributed by atoms with van der Waals surface area (Å²) in [4.78, 5) is 38.2. The van der Waals surface area contributed by atoms with Gasteiger partial charge >= 0.3 is 21.1 Å². The Morgan fingerprint density at radius 2 is 0.677 bits per heavy atom. The van der Waals surface area contributed by atoms with Crippen LogP contribution in [0.1, 0.15) is 212 Å². The number of fused-ring (bicyclic) bond motifs is 3. The fourth-order valence-corrected chi connectivity index (χ4v) is 16.6. The molecule has 8 fully saturated rings. The maximum atomic E-state index is 8.78. The normalized spacial score (nSPS) is 19.1. The minimum absolute atomic E-state index is 0.291. The van der Waals surface area contributed by atoms with Gasteiger partial charge in [0.25, 0.3) is 0 Å². The van der Waals surface area contributed by atoms with E-state index in [1.807, 2.05) is 177 Å². The highest BCUT2D eigenvalue weighted by Gasteiger charge is 2.64. The molecule has 19 rings (SSSR count). The Hall–Kier alpha value is -8.35. The number of nitrogens with zero attached hydrogens (tertiary/aromatic N) is 9. The number of ether oxygens (including phenoxy) is 4. The highest BCUT2D eigenvalue weighted by atomic mass is 79.9. The minimum atomic E-state index is -0.476. The van der Waals surface area contributed by atoms with Gasteiger partial charge in [0.05, 0.1) is 86.0 Å². The second-order valence-electron chi connectivity index (χ2n) is 35.3. The number of phenolic OH excluding ortho intramolecular Hbond substituents is 1. The van der Waals surface area contributed by atoms with E-state index in [0.29, 0.717) is 74.8 Å². The van der Waals surface area contributed by atoms with Gasteiger partial charge in [0.15, 0.2) is 17.5 Å². The molecule has 5 saturated carbocycles. The first kappa shape index (κ1) is 94.8. The highest BCUT2D eigenvalue weighted by molar-refractivity contribution is 9.10. The predicted molar refractivity (Wildman–Crippen MR) is 508 cm³/mol. The van der Waals surface area contributed by atoms with Gasteiger partial charge in [-0.25, -0.2) is 44.9 Å². The van der Waals surface area contributed by atoms with E-state index in [1.165, 1.54) is 122 Å². The molecule has 8 aliphatic rings. The van der Waals surface area contributed by atoms with Gasteiger partial charge in [0.2, 0.25) is 0 Å². The molecule has 5 aliphatic carbocycles. The Kier molecular flexibility index (Phi) is 32.8. The smallest absolute Gasteiger partial charge is 0.494 e. The van der Waals surface area contributed by atoms with Crippen molar-refractivity contribution < 1.29 is 52.0 Å². The van der Waals surface area contributed by atoms with Crippen molar-refractivity contribution in [3.8, 4) is 51.3 Å². The Labute approximate surface area is 761 Å². The van der Waals surface area contributed by atoms with Crippen molar-refractivity contribution in [1.82, 2.24) is 44.9 Å². The molecule has 0 unspecified atom stereocenters. The number of pyridine rings is 3. The van der Waals surface area contributed by atoms with E-state index in [9.17, 15) is 0 Å². The van der Waals surface area contributed by atoms with E-state index in [-0.39, 0.29) is 40.7 Å². The molecular formula is C94H117B3Br3ClN12O11.